The Labute approximate surface area is 131 Å². The first kappa shape index (κ1) is 14.6. The van der Waals surface area contributed by atoms with E-state index >= 15 is 0 Å². The highest BCUT2D eigenvalue weighted by Gasteiger charge is 2.12. The Hall–Kier alpha value is -2.36. The maximum atomic E-state index is 6.02. The summed E-state index contributed by atoms with van der Waals surface area (Å²) in [6.45, 7) is 0.644. The molecule has 1 aliphatic carbocycles. The van der Waals surface area contributed by atoms with Gasteiger partial charge in [-0.05, 0) is 55.0 Å². The smallest absolute Gasteiger partial charge is 0.193 e. The lowest BCUT2D eigenvalue weighted by atomic mass is 9.90. The first-order chi connectivity index (χ1) is 10.8. The number of nitrogens with two attached hydrogens (primary N) is 1. The Morgan fingerprint density at radius 3 is 2.91 bits per heavy atom. The van der Waals surface area contributed by atoms with Crippen molar-refractivity contribution in [3.05, 3.63) is 59.4 Å². The largest absolute Gasteiger partial charge is 0.370 e. The molecular formula is C18H22N4. The van der Waals surface area contributed by atoms with Gasteiger partial charge in [-0.1, -0.05) is 18.2 Å². The summed E-state index contributed by atoms with van der Waals surface area (Å²) in [6.07, 6.45) is 7.43. The Morgan fingerprint density at radius 1 is 1.14 bits per heavy atom. The zero-order chi connectivity index (χ0) is 15.2. The number of nitrogens with one attached hydrogen (secondary N) is 1. The summed E-state index contributed by atoms with van der Waals surface area (Å²) >= 11 is 0. The average molecular weight is 294 g/mol. The Morgan fingerprint density at radius 2 is 2.05 bits per heavy atom. The summed E-state index contributed by atoms with van der Waals surface area (Å²) in [5.74, 6) is 0.481. The summed E-state index contributed by atoms with van der Waals surface area (Å²) in [6, 6.07) is 12.3. The highest BCUT2D eigenvalue weighted by Crippen LogP contribution is 2.27. The van der Waals surface area contributed by atoms with Gasteiger partial charge in [0.05, 0.1) is 0 Å². The number of aromatic nitrogens is 1. The van der Waals surface area contributed by atoms with E-state index in [-0.39, 0.29) is 0 Å². The second-order valence-electron chi connectivity index (χ2n) is 5.61. The molecule has 1 aliphatic rings. The molecule has 3 rings (SSSR count). The topological polar surface area (TPSA) is 63.3 Å². The van der Waals surface area contributed by atoms with Crippen LogP contribution in [-0.4, -0.2) is 17.5 Å². The molecule has 4 heteroatoms. The van der Waals surface area contributed by atoms with Crippen LogP contribution >= 0.6 is 0 Å². The molecule has 0 saturated carbocycles. The second-order valence-corrected chi connectivity index (χ2v) is 5.61. The molecule has 0 aliphatic heterocycles. The van der Waals surface area contributed by atoms with Crippen LogP contribution in [-0.2, 0) is 19.3 Å². The third kappa shape index (κ3) is 3.64. The van der Waals surface area contributed by atoms with Crippen molar-refractivity contribution in [2.24, 2.45) is 10.7 Å². The first-order valence-corrected chi connectivity index (χ1v) is 7.90. The molecule has 1 aromatic carbocycles. The molecule has 0 radical (unpaired) electrons. The van der Waals surface area contributed by atoms with Crippen LogP contribution < -0.4 is 11.1 Å². The molecule has 0 fully saturated rings. The number of hydrogen-bond donors (Lipinski definition) is 2. The molecule has 0 bridgehead atoms. The van der Waals surface area contributed by atoms with Gasteiger partial charge in [0.1, 0.15) is 0 Å². The standard InChI is InChI=1S/C18H22N4/c19-18(21-13-11-15-8-3-4-12-20-15)22-17-10-5-7-14-6-1-2-9-16(14)17/h3-5,7-8,10,12H,1-2,6,9,11,13H2,(H3,19,21,22). The number of guanidine groups is 1. The van der Waals surface area contributed by atoms with Gasteiger partial charge >= 0.3 is 0 Å². The fourth-order valence-corrected chi connectivity index (χ4v) is 2.91. The van der Waals surface area contributed by atoms with Crippen molar-refractivity contribution in [2.75, 3.05) is 11.9 Å². The van der Waals surface area contributed by atoms with E-state index in [1.54, 1.807) is 6.20 Å². The predicted octanol–water partition coefficient (Wildman–Crippen LogP) is 2.93. The molecule has 3 N–H and O–H groups in total. The summed E-state index contributed by atoms with van der Waals surface area (Å²) in [7, 11) is 0. The van der Waals surface area contributed by atoms with E-state index in [0.717, 1.165) is 24.2 Å². The summed E-state index contributed by atoms with van der Waals surface area (Å²) < 4.78 is 0. The van der Waals surface area contributed by atoms with Crippen LogP contribution in [0.4, 0.5) is 5.69 Å². The number of aryl methyl sites for hydroxylation is 1. The summed E-state index contributed by atoms with van der Waals surface area (Å²) in [4.78, 5) is 8.69. The van der Waals surface area contributed by atoms with E-state index in [4.69, 9.17) is 5.73 Å². The molecule has 0 spiro atoms. The number of benzene rings is 1. The molecule has 114 valence electrons. The maximum absolute atomic E-state index is 6.02. The van der Waals surface area contributed by atoms with Crippen LogP contribution in [0.2, 0.25) is 0 Å². The Bertz CT molecular complexity index is 649. The minimum atomic E-state index is 0.481. The number of hydrogen-bond acceptors (Lipinski definition) is 2. The van der Waals surface area contributed by atoms with E-state index in [1.165, 1.54) is 30.4 Å². The van der Waals surface area contributed by atoms with Gasteiger partial charge in [-0.25, -0.2) is 0 Å². The van der Waals surface area contributed by atoms with Gasteiger partial charge in [-0.15, -0.1) is 0 Å². The number of rotatable bonds is 4. The van der Waals surface area contributed by atoms with Gasteiger partial charge in [0.2, 0.25) is 0 Å². The van der Waals surface area contributed by atoms with Gasteiger partial charge in [-0.2, -0.15) is 0 Å². The molecule has 0 amide bonds. The summed E-state index contributed by atoms with van der Waals surface area (Å²) in [5.41, 5.74) is 11.0. The van der Waals surface area contributed by atoms with Crippen molar-refractivity contribution in [2.45, 2.75) is 32.1 Å². The number of fused-ring (bicyclic) bond motifs is 1. The molecule has 1 aromatic heterocycles. The molecule has 0 atom stereocenters. The van der Waals surface area contributed by atoms with Gasteiger partial charge in [0, 0.05) is 30.5 Å². The minimum Gasteiger partial charge on any atom is -0.370 e. The SMILES string of the molecule is NC(=NCCc1ccccn1)Nc1cccc2c1CCCC2. The van der Waals surface area contributed by atoms with Crippen molar-refractivity contribution in [1.29, 1.82) is 0 Å². The fourth-order valence-electron chi connectivity index (χ4n) is 2.91. The van der Waals surface area contributed by atoms with E-state index < -0.39 is 0 Å². The van der Waals surface area contributed by atoms with E-state index in [1.807, 2.05) is 18.2 Å². The van der Waals surface area contributed by atoms with Crippen LogP contribution in [0.15, 0.2) is 47.6 Å². The monoisotopic (exact) mass is 294 g/mol. The van der Waals surface area contributed by atoms with Gasteiger partial charge in [0.15, 0.2) is 5.96 Å². The van der Waals surface area contributed by atoms with Crippen molar-refractivity contribution in [1.82, 2.24) is 4.98 Å². The Kier molecular flexibility index (Phi) is 4.68. The predicted molar refractivity (Wildman–Crippen MR) is 91.1 cm³/mol. The van der Waals surface area contributed by atoms with Crippen molar-refractivity contribution in [3.63, 3.8) is 0 Å². The molecule has 22 heavy (non-hydrogen) atoms. The third-order valence-corrected chi connectivity index (χ3v) is 4.03. The van der Waals surface area contributed by atoms with Crippen LogP contribution in [0, 0.1) is 0 Å². The highest BCUT2D eigenvalue weighted by molar-refractivity contribution is 5.93. The number of aliphatic imine (C=N–C) groups is 1. The van der Waals surface area contributed by atoms with Crippen LogP contribution in [0.5, 0.6) is 0 Å². The van der Waals surface area contributed by atoms with Crippen LogP contribution in [0.25, 0.3) is 0 Å². The number of pyridine rings is 1. The van der Waals surface area contributed by atoms with Crippen molar-refractivity contribution >= 4 is 11.6 Å². The van der Waals surface area contributed by atoms with E-state index in [9.17, 15) is 0 Å². The molecule has 2 aromatic rings. The zero-order valence-electron chi connectivity index (χ0n) is 12.8. The number of anilines is 1. The van der Waals surface area contributed by atoms with Gasteiger partial charge in [0.25, 0.3) is 0 Å². The van der Waals surface area contributed by atoms with Gasteiger partial charge < -0.3 is 11.1 Å². The number of nitrogens with zero attached hydrogens (tertiary/aromatic N) is 2. The zero-order valence-corrected chi connectivity index (χ0v) is 12.8. The maximum Gasteiger partial charge on any atom is 0.193 e. The van der Waals surface area contributed by atoms with Crippen molar-refractivity contribution in [3.8, 4) is 0 Å². The summed E-state index contributed by atoms with van der Waals surface area (Å²) in [5, 5.41) is 3.26. The molecular weight excluding hydrogens is 272 g/mol. The molecule has 0 unspecified atom stereocenters. The van der Waals surface area contributed by atoms with Crippen LogP contribution in [0.3, 0.4) is 0 Å². The lowest BCUT2D eigenvalue weighted by Gasteiger charge is -2.19. The quantitative estimate of drug-likeness (QED) is 0.673. The van der Waals surface area contributed by atoms with E-state index in [2.05, 4.69) is 33.5 Å². The third-order valence-electron chi connectivity index (χ3n) is 4.03. The normalized spacial score (nSPS) is 14.5. The molecule has 1 heterocycles. The highest BCUT2D eigenvalue weighted by atomic mass is 15.1. The average Bonchev–Trinajstić information content (AvgIpc) is 2.56. The molecule has 4 nitrogen and oxygen atoms in total. The van der Waals surface area contributed by atoms with Gasteiger partial charge in [-0.3, -0.25) is 9.98 Å². The Balaban J connectivity index is 1.62. The van der Waals surface area contributed by atoms with Crippen LogP contribution in [0.1, 0.15) is 29.7 Å². The minimum absolute atomic E-state index is 0.481. The molecule has 0 saturated heterocycles. The van der Waals surface area contributed by atoms with Crippen molar-refractivity contribution < 1.29 is 0 Å². The lowest BCUT2D eigenvalue weighted by Crippen LogP contribution is -2.24. The first-order valence-electron chi connectivity index (χ1n) is 7.90. The van der Waals surface area contributed by atoms with E-state index in [0.29, 0.717) is 12.5 Å². The lowest BCUT2D eigenvalue weighted by molar-refractivity contribution is 0.687. The second kappa shape index (κ2) is 7.07. The fraction of sp³-hybridized carbons (Fsp3) is 0.333.